The summed E-state index contributed by atoms with van der Waals surface area (Å²) < 4.78 is 7.82. The molecule has 2 aromatic rings. The summed E-state index contributed by atoms with van der Waals surface area (Å²) in [5.41, 5.74) is 0.810. The first kappa shape index (κ1) is 19.7. The molecule has 1 aromatic heterocycles. The molecule has 1 saturated heterocycles. The molecule has 1 aliphatic heterocycles. The molecule has 4 rings (SSSR count). The maximum Gasteiger partial charge on any atom is 0.321 e. The molecule has 1 N–H and O–H groups in total. The lowest BCUT2D eigenvalue weighted by molar-refractivity contribution is 0.175. The topological polar surface area (TPSA) is 72.3 Å². The predicted octanol–water partition coefficient (Wildman–Crippen LogP) is 4.18. The molecule has 7 heteroatoms. The van der Waals surface area contributed by atoms with Gasteiger partial charge in [-0.15, -0.1) is 0 Å². The number of ether oxygens (including phenoxy) is 1. The van der Waals surface area contributed by atoms with E-state index >= 15 is 0 Å². The van der Waals surface area contributed by atoms with Crippen molar-refractivity contribution in [2.75, 3.05) is 25.0 Å². The average Bonchev–Trinajstić information content (AvgIpc) is 3.27. The lowest BCUT2D eigenvalue weighted by atomic mass is 9.90. The van der Waals surface area contributed by atoms with E-state index in [-0.39, 0.29) is 6.03 Å². The van der Waals surface area contributed by atoms with Crippen LogP contribution in [0.4, 0.5) is 10.5 Å². The molecule has 2 fully saturated rings. The molecule has 2 heterocycles. The van der Waals surface area contributed by atoms with Gasteiger partial charge in [0.25, 0.3) is 0 Å². The minimum Gasteiger partial charge on any atom is -0.493 e. The van der Waals surface area contributed by atoms with Crippen molar-refractivity contribution in [2.45, 2.75) is 51.5 Å². The molecule has 0 radical (unpaired) electrons. The maximum atomic E-state index is 12.6. The molecule has 156 valence electrons. The van der Waals surface area contributed by atoms with Crippen molar-refractivity contribution in [3.05, 3.63) is 36.9 Å². The van der Waals surface area contributed by atoms with Crippen LogP contribution < -0.4 is 10.1 Å². The third kappa shape index (κ3) is 5.71. The molecule has 1 saturated carbocycles. The highest BCUT2D eigenvalue weighted by Crippen LogP contribution is 2.25. The number of benzene rings is 1. The van der Waals surface area contributed by atoms with E-state index in [1.807, 2.05) is 33.8 Å². The Morgan fingerprint density at radius 3 is 2.48 bits per heavy atom. The fourth-order valence-corrected chi connectivity index (χ4v) is 4.32. The summed E-state index contributed by atoms with van der Waals surface area (Å²) in [6.07, 6.45) is 11.9. The second kappa shape index (κ2) is 9.76. The van der Waals surface area contributed by atoms with Crippen molar-refractivity contribution in [2.24, 2.45) is 11.8 Å². The molecule has 1 aromatic carbocycles. The Morgan fingerprint density at radius 2 is 1.79 bits per heavy atom. The van der Waals surface area contributed by atoms with Crippen molar-refractivity contribution >= 4 is 11.7 Å². The molecular weight excluding hydrogens is 366 g/mol. The van der Waals surface area contributed by atoms with E-state index in [9.17, 15) is 4.79 Å². The summed E-state index contributed by atoms with van der Waals surface area (Å²) in [6, 6.07) is 7.71. The monoisotopic (exact) mass is 397 g/mol. The third-order valence-corrected chi connectivity index (χ3v) is 6.13. The largest absolute Gasteiger partial charge is 0.493 e. The van der Waals surface area contributed by atoms with E-state index in [0.29, 0.717) is 11.8 Å². The van der Waals surface area contributed by atoms with Crippen LogP contribution in [0.3, 0.4) is 0 Å². The Bertz CT molecular complexity index is 748. The smallest absolute Gasteiger partial charge is 0.321 e. The van der Waals surface area contributed by atoms with Crippen LogP contribution in [0.15, 0.2) is 36.9 Å². The summed E-state index contributed by atoms with van der Waals surface area (Å²) in [7, 11) is 0. The lowest BCUT2D eigenvalue weighted by Gasteiger charge is -2.31. The first-order valence-corrected chi connectivity index (χ1v) is 10.9. The second-order valence-corrected chi connectivity index (χ2v) is 8.32. The van der Waals surface area contributed by atoms with Gasteiger partial charge >= 0.3 is 6.03 Å². The van der Waals surface area contributed by atoms with Gasteiger partial charge in [-0.1, -0.05) is 19.3 Å². The Kier molecular flexibility index (Phi) is 6.64. The highest BCUT2D eigenvalue weighted by Gasteiger charge is 2.23. The van der Waals surface area contributed by atoms with Gasteiger partial charge in [-0.2, -0.15) is 5.10 Å². The van der Waals surface area contributed by atoms with Gasteiger partial charge in [0.05, 0.1) is 6.61 Å². The van der Waals surface area contributed by atoms with E-state index < -0.39 is 0 Å². The number of piperidine rings is 1. The highest BCUT2D eigenvalue weighted by molar-refractivity contribution is 5.89. The molecular formula is C22H31N5O2. The van der Waals surface area contributed by atoms with Gasteiger partial charge in [0.2, 0.25) is 0 Å². The minimum atomic E-state index is -0.0277. The fourth-order valence-electron chi connectivity index (χ4n) is 4.32. The number of nitrogens with zero attached hydrogens (tertiary/aromatic N) is 4. The van der Waals surface area contributed by atoms with E-state index in [1.54, 1.807) is 12.7 Å². The zero-order chi connectivity index (χ0) is 19.9. The number of amides is 2. The standard InChI is InChI=1S/C22H31N5O2/c28-22(26-12-10-18(11-13-26)14-27-17-23-16-24-27)25-20-6-8-21(9-7-20)29-15-19-4-2-1-3-5-19/h6-9,16-19H,1-5,10-15H2,(H,25,28). The first-order chi connectivity index (χ1) is 14.3. The molecule has 0 bridgehead atoms. The zero-order valence-corrected chi connectivity index (χ0v) is 17.0. The van der Waals surface area contributed by atoms with E-state index in [0.717, 1.165) is 50.5 Å². The molecule has 2 amide bonds. The quantitative estimate of drug-likeness (QED) is 0.794. The average molecular weight is 398 g/mol. The predicted molar refractivity (Wildman–Crippen MR) is 112 cm³/mol. The van der Waals surface area contributed by atoms with Crippen LogP contribution in [0, 0.1) is 11.8 Å². The van der Waals surface area contributed by atoms with Gasteiger partial charge in [-0.05, 0) is 61.8 Å². The van der Waals surface area contributed by atoms with Gasteiger partial charge in [0.1, 0.15) is 18.4 Å². The number of rotatable bonds is 6. The zero-order valence-electron chi connectivity index (χ0n) is 17.0. The van der Waals surface area contributed by atoms with Gasteiger partial charge < -0.3 is 15.0 Å². The first-order valence-electron chi connectivity index (χ1n) is 10.9. The molecule has 0 unspecified atom stereocenters. The van der Waals surface area contributed by atoms with Gasteiger partial charge in [-0.25, -0.2) is 9.78 Å². The van der Waals surface area contributed by atoms with Gasteiger partial charge in [0, 0.05) is 25.3 Å². The lowest BCUT2D eigenvalue weighted by Crippen LogP contribution is -2.41. The molecule has 1 aliphatic carbocycles. The van der Waals surface area contributed by atoms with Crippen LogP contribution in [-0.4, -0.2) is 45.4 Å². The summed E-state index contributed by atoms with van der Waals surface area (Å²) in [6.45, 7) is 3.22. The van der Waals surface area contributed by atoms with Crippen molar-refractivity contribution in [3.63, 3.8) is 0 Å². The number of anilines is 1. The number of aromatic nitrogens is 3. The minimum absolute atomic E-state index is 0.0277. The molecule has 7 nitrogen and oxygen atoms in total. The number of carbonyl (C=O) groups is 1. The number of nitrogens with one attached hydrogen (secondary N) is 1. The van der Waals surface area contributed by atoms with E-state index in [4.69, 9.17) is 4.74 Å². The highest BCUT2D eigenvalue weighted by atomic mass is 16.5. The van der Waals surface area contributed by atoms with Crippen LogP contribution in [0.5, 0.6) is 5.75 Å². The van der Waals surface area contributed by atoms with Crippen molar-refractivity contribution in [1.82, 2.24) is 19.7 Å². The molecule has 0 spiro atoms. The van der Waals surface area contributed by atoms with Gasteiger partial charge in [0.15, 0.2) is 0 Å². The second-order valence-electron chi connectivity index (χ2n) is 8.32. The summed E-state index contributed by atoms with van der Waals surface area (Å²) in [5, 5.41) is 7.18. The summed E-state index contributed by atoms with van der Waals surface area (Å²) in [5.74, 6) is 2.11. The van der Waals surface area contributed by atoms with Crippen LogP contribution in [0.2, 0.25) is 0 Å². The number of carbonyl (C=O) groups excluding carboxylic acids is 1. The van der Waals surface area contributed by atoms with E-state index in [2.05, 4.69) is 15.4 Å². The maximum absolute atomic E-state index is 12.6. The van der Waals surface area contributed by atoms with Crippen LogP contribution in [-0.2, 0) is 6.54 Å². The normalized spacial score (nSPS) is 18.6. The van der Waals surface area contributed by atoms with Crippen LogP contribution >= 0.6 is 0 Å². The van der Waals surface area contributed by atoms with Crippen LogP contribution in [0.25, 0.3) is 0 Å². The number of hydrogen-bond acceptors (Lipinski definition) is 4. The van der Waals surface area contributed by atoms with Crippen molar-refractivity contribution < 1.29 is 9.53 Å². The van der Waals surface area contributed by atoms with E-state index in [1.165, 1.54) is 32.1 Å². The summed E-state index contributed by atoms with van der Waals surface area (Å²) in [4.78, 5) is 18.4. The fraction of sp³-hybridized carbons (Fsp3) is 0.591. The molecule has 29 heavy (non-hydrogen) atoms. The third-order valence-electron chi connectivity index (χ3n) is 6.13. The number of likely N-dealkylation sites (tertiary alicyclic amines) is 1. The van der Waals surface area contributed by atoms with Gasteiger partial charge in [-0.3, -0.25) is 4.68 Å². The van der Waals surface area contributed by atoms with Crippen molar-refractivity contribution in [1.29, 1.82) is 0 Å². The SMILES string of the molecule is O=C(Nc1ccc(OCC2CCCCC2)cc1)N1CCC(Cn2cncn2)CC1. The summed E-state index contributed by atoms with van der Waals surface area (Å²) >= 11 is 0. The molecule has 2 aliphatic rings. The Balaban J connectivity index is 1.19. The Labute approximate surface area is 172 Å². The Morgan fingerprint density at radius 1 is 1.03 bits per heavy atom. The molecule has 0 atom stereocenters. The van der Waals surface area contributed by atoms with Crippen molar-refractivity contribution in [3.8, 4) is 5.75 Å². The Hall–Kier alpha value is -2.57. The number of hydrogen-bond donors (Lipinski definition) is 1. The number of urea groups is 1. The van der Waals surface area contributed by atoms with Crippen LogP contribution in [0.1, 0.15) is 44.9 Å².